The van der Waals surface area contributed by atoms with Crippen molar-refractivity contribution >= 4 is 70.6 Å². The molecule has 0 atom stereocenters. The van der Waals surface area contributed by atoms with Gasteiger partial charge < -0.3 is 9.47 Å². The fourth-order valence-corrected chi connectivity index (χ4v) is 14.2. The molecule has 9 aromatic carbocycles. The van der Waals surface area contributed by atoms with Gasteiger partial charge in [0.25, 0.3) is 0 Å². The van der Waals surface area contributed by atoms with Gasteiger partial charge in [-0.25, -0.2) is 0 Å². The predicted molar refractivity (Wildman–Crippen MR) is 277 cm³/mol. The van der Waals surface area contributed by atoms with E-state index >= 15 is 0 Å². The highest BCUT2D eigenvalue weighted by atomic mass is 28.3. The maximum absolute atomic E-state index is 2.48. The van der Waals surface area contributed by atoms with Gasteiger partial charge in [-0.3, -0.25) is 0 Å². The molecule has 0 saturated carbocycles. The second-order valence-corrected chi connectivity index (χ2v) is 28.1. The van der Waals surface area contributed by atoms with Crippen LogP contribution in [-0.4, -0.2) is 20.7 Å². The van der Waals surface area contributed by atoms with Crippen molar-refractivity contribution in [1.29, 1.82) is 0 Å². The first-order valence-electron chi connectivity index (χ1n) is 22.2. The Morgan fingerprint density at radius 3 is 1.46 bits per heavy atom. The lowest BCUT2D eigenvalue weighted by Crippen LogP contribution is -2.49. The van der Waals surface area contributed by atoms with Gasteiger partial charge >= 0.3 is 0 Å². The largest absolute Gasteiger partial charge is 0.311 e. The molecule has 0 N–H and O–H groups in total. The first-order valence-corrected chi connectivity index (χ1v) is 28.7. The van der Waals surface area contributed by atoms with Crippen molar-refractivity contribution in [1.82, 2.24) is 4.57 Å². The number of nitrogens with zero attached hydrogens (tertiary/aromatic N) is 2. The van der Waals surface area contributed by atoms with Crippen LogP contribution in [0.15, 0.2) is 212 Å². The smallest absolute Gasteiger partial charge is 0.113 e. The Bertz CT molecular complexity index is 3300. The number of benzene rings is 9. The molecule has 0 aliphatic carbocycles. The third kappa shape index (κ3) is 6.78. The molecule has 1 aliphatic heterocycles. The zero-order valence-electron chi connectivity index (χ0n) is 36.6. The maximum atomic E-state index is 2.48. The van der Waals surface area contributed by atoms with E-state index in [4.69, 9.17) is 0 Å². The lowest BCUT2D eigenvalue weighted by Gasteiger charge is -2.26. The Hall–Kier alpha value is -6.99. The van der Waals surface area contributed by atoms with Crippen LogP contribution in [0.1, 0.15) is 0 Å². The van der Waals surface area contributed by atoms with Crippen LogP contribution in [0.2, 0.25) is 32.7 Å². The van der Waals surface area contributed by atoms with Gasteiger partial charge in [-0.15, -0.1) is 0 Å². The fourth-order valence-electron chi connectivity index (χ4n) is 9.93. The van der Waals surface area contributed by atoms with Crippen LogP contribution in [0, 0.1) is 0 Å². The van der Waals surface area contributed by atoms with Crippen LogP contribution < -0.4 is 20.5 Å². The zero-order valence-corrected chi connectivity index (χ0v) is 38.6. The van der Waals surface area contributed by atoms with Crippen LogP contribution >= 0.6 is 0 Å². The third-order valence-corrected chi connectivity index (χ3v) is 19.0. The van der Waals surface area contributed by atoms with E-state index in [9.17, 15) is 0 Å². The van der Waals surface area contributed by atoms with E-state index < -0.39 is 16.1 Å². The van der Waals surface area contributed by atoms with Crippen molar-refractivity contribution in [3.8, 4) is 50.2 Å². The molecule has 0 amide bonds. The summed E-state index contributed by atoms with van der Waals surface area (Å²) in [5.74, 6) is 0. The van der Waals surface area contributed by atoms with Crippen LogP contribution in [0.3, 0.4) is 0 Å². The second kappa shape index (κ2) is 15.1. The quantitative estimate of drug-likeness (QED) is 0.138. The molecule has 11 rings (SSSR count). The summed E-state index contributed by atoms with van der Waals surface area (Å²) in [7, 11) is -3.08. The molecule has 0 spiro atoms. The Morgan fingerprint density at radius 2 is 0.841 bits per heavy atom. The standard InChI is InChI=1S/C59H50N2Si2/c1-62(2,3)51-35-25-42(26-36-51)41-19-29-48(30-20-41)60(50-33-23-44(24-34-50)46-28-38-59-55(40-46)53-16-10-12-18-58(53)63(59,4)5)49-31-21-43(22-32-49)45-27-37-57-54(39-45)52-15-9-11-17-56(52)61(57)47-13-7-6-8-14-47/h6-40H,1-5H3. The fraction of sp³-hybridized carbons (Fsp3) is 0.0847. The Kier molecular flexibility index (Phi) is 9.34. The monoisotopic (exact) mass is 842 g/mol. The molecule has 0 fully saturated rings. The lowest BCUT2D eigenvalue weighted by atomic mass is 9.98. The minimum absolute atomic E-state index is 1.11. The topological polar surface area (TPSA) is 8.17 Å². The minimum Gasteiger partial charge on any atom is -0.311 e. The highest BCUT2D eigenvalue weighted by molar-refractivity contribution is 7.03. The Balaban J connectivity index is 0.959. The normalized spacial score (nSPS) is 13.0. The summed E-state index contributed by atoms with van der Waals surface area (Å²) in [6, 6.07) is 79.0. The van der Waals surface area contributed by atoms with E-state index in [-0.39, 0.29) is 0 Å². The van der Waals surface area contributed by atoms with Gasteiger partial charge in [0, 0.05) is 33.5 Å². The predicted octanol–water partition coefficient (Wildman–Crippen LogP) is 14.6. The maximum Gasteiger partial charge on any atom is 0.113 e. The molecule has 2 heterocycles. The first-order chi connectivity index (χ1) is 30.6. The summed E-state index contributed by atoms with van der Waals surface area (Å²) in [6.07, 6.45) is 0. The molecule has 1 aliphatic rings. The number of fused-ring (bicyclic) bond motifs is 6. The summed E-state index contributed by atoms with van der Waals surface area (Å²) in [4.78, 5) is 2.38. The number of hydrogen-bond acceptors (Lipinski definition) is 1. The van der Waals surface area contributed by atoms with E-state index in [2.05, 4.69) is 255 Å². The van der Waals surface area contributed by atoms with Crippen LogP contribution in [0.4, 0.5) is 17.1 Å². The van der Waals surface area contributed by atoms with E-state index in [1.807, 2.05) is 0 Å². The molecule has 1 aromatic heterocycles. The number of hydrogen-bond donors (Lipinski definition) is 0. The minimum atomic E-state index is -1.71. The summed E-state index contributed by atoms with van der Waals surface area (Å²) >= 11 is 0. The zero-order chi connectivity index (χ0) is 42.9. The molecule has 304 valence electrons. The van der Waals surface area contributed by atoms with Gasteiger partial charge in [-0.2, -0.15) is 0 Å². The van der Waals surface area contributed by atoms with Crippen molar-refractivity contribution in [3.63, 3.8) is 0 Å². The SMILES string of the molecule is C[Si](C)(C)c1ccc(-c2ccc(N(c3ccc(-c4ccc5c(c4)-c4ccccc4[Si]5(C)C)cc3)c3ccc(-c4ccc5c(c4)c4ccccc4n5-c4ccccc4)cc3)cc2)cc1. The third-order valence-electron chi connectivity index (χ3n) is 13.4. The van der Waals surface area contributed by atoms with Gasteiger partial charge in [0.1, 0.15) is 8.07 Å². The first kappa shape index (κ1) is 38.9. The van der Waals surface area contributed by atoms with Crippen molar-refractivity contribution in [2.24, 2.45) is 0 Å². The molecular formula is C59H50N2Si2. The molecule has 0 radical (unpaired) electrons. The van der Waals surface area contributed by atoms with E-state index in [1.54, 1.807) is 5.19 Å². The van der Waals surface area contributed by atoms with Crippen molar-refractivity contribution < 1.29 is 0 Å². The molecule has 63 heavy (non-hydrogen) atoms. The lowest BCUT2D eigenvalue weighted by molar-refractivity contribution is 1.18. The van der Waals surface area contributed by atoms with Crippen molar-refractivity contribution in [2.45, 2.75) is 32.7 Å². The van der Waals surface area contributed by atoms with E-state index in [0.29, 0.717) is 0 Å². The van der Waals surface area contributed by atoms with Crippen LogP contribution in [-0.2, 0) is 0 Å². The average molecular weight is 843 g/mol. The summed E-state index contributed by atoms with van der Waals surface area (Å²) < 4.78 is 2.38. The second-order valence-electron chi connectivity index (χ2n) is 18.7. The Labute approximate surface area is 373 Å². The molecule has 2 nitrogen and oxygen atoms in total. The van der Waals surface area contributed by atoms with Gasteiger partial charge in [0.05, 0.1) is 19.1 Å². The number of aromatic nitrogens is 1. The van der Waals surface area contributed by atoms with E-state index in [1.165, 1.54) is 82.4 Å². The molecule has 0 bridgehead atoms. The molecule has 10 aromatic rings. The number of anilines is 3. The van der Waals surface area contributed by atoms with Gasteiger partial charge in [-0.1, -0.05) is 177 Å². The van der Waals surface area contributed by atoms with Crippen molar-refractivity contribution in [3.05, 3.63) is 212 Å². The van der Waals surface area contributed by atoms with E-state index in [0.717, 1.165) is 17.1 Å². The molecular weight excluding hydrogens is 793 g/mol. The highest BCUT2D eigenvalue weighted by Gasteiger charge is 2.37. The summed E-state index contributed by atoms with van der Waals surface area (Å²) in [6.45, 7) is 12.2. The van der Waals surface area contributed by atoms with Gasteiger partial charge in [0.2, 0.25) is 0 Å². The molecule has 0 saturated heterocycles. The van der Waals surface area contributed by atoms with Gasteiger partial charge in [-0.05, 0) is 128 Å². The Morgan fingerprint density at radius 1 is 0.381 bits per heavy atom. The summed E-state index contributed by atoms with van der Waals surface area (Å²) in [5, 5.41) is 7.07. The van der Waals surface area contributed by atoms with Crippen LogP contribution in [0.5, 0.6) is 0 Å². The average Bonchev–Trinajstić information content (AvgIpc) is 3.77. The molecule has 0 unspecified atom stereocenters. The van der Waals surface area contributed by atoms with Crippen LogP contribution in [0.25, 0.3) is 72.0 Å². The number of rotatable bonds is 8. The van der Waals surface area contributed by atoms with Gasteiger partial charge in [0.15, 0.2) is 0 Å². The number of para-hydroxylation sites is 2. The summed E-state index contributed by atoms with van der Waals surface area (Å²) in [5.41, 5.74) is 17.1. The highest BCUT2D eigenvalue weighted by Crippen LogP contribution is 2.40. The molecule has 4 heteroatoms. The van der Waals surface area contributed by atoms with Crippen molar-refractivity contribution in [2.75, 3.05) is 4.90 Å².